The van der Waals surface area contributed by atoms with Gasteiger partial charge in [0, 0.05) is 46.3 Å². The summed E-state index contributed by atoms with van der Waals surface area (Å²) in [7, 11) is 6.12. The number of carbonyl (C=O) groups is 5. The van der Waals surface area contributed by atoms with E-state index in [4.69, 9.17) is 16.9 Å². The summed E-state index contributed by atoms with van der Waals surface area (Å²) >= 11 is 0. The van der Waals surface area contributed by atoms with Crippen molar-refractivity contribution in [3.63, 3.8) is 0 Å². The molecule has 3 N–H and O–H groups in total. The number of primary amides is 1. The van der Waals surface area contributed by atoms with Gasteiger partial charge in [-0.3, -0.25) is 24.0 Å². The van der Waals surface area contributed by atoms with Crippen LogP contribution in [0.3, 0.4) is 0 Å². The molecular weight excluding hydrogens is 646 g/mol. The first-order valence-electron chi connectivity index (χ1n) is 17.6. The molecule has 0 fully saturated rings. The lowest BCUT2D eigenvalue weighted by atomic mass is 9.91. The normalized spacial score (nSPS) is 14.4. The van der Waals surface area contributed by atoms with E-state index in [1.165, 1.54) is 28.8 Å². The van der Waals surface area contributed by atoms with Gasteiger partial charge in [-0.1, -0.05) is 69.2 Å². The summed E-state index contributed by atoms with van der Waals surface area (Å²) in [6.07, 6.45) is 10.1. The number of likely N-dealkylation sites (N-methyl/N-ethyl adjacent to an activating group) is 3. The number of hydrogen-bond acceptors (Lipinski definition) is 6. The van der Waals surface area contributed by atoms with Crippen molar-refractivity contribution in [2.24, 2.45) is 17.6 Å². The highest BCUT2D eigenvalue weighted by Gasteiger charge is 2.35. The molecule has 2 aromatic carbocycles. The molecule has 0 aromatic heterocycles. The number of terminal acetylenes is 1. The van der Waals surface area contributed by atoms with Crippen LogP contribution in [0, 0.1) is 24.2 Å². The molecule has 2 aromatic rings. The minimum atomic E-state index is -1.02. The van der Waals surface area contributed by atoms with Gasteiger partial charge in [-0.15, -0.1) is 12.3 Å². The van der Waals surface area contributed by atoms with E-state index in [2.05, 4.69) is 18.2 Å². The van der Waals surface area contributed by atoms with Gasteiger partial charge in [0.1, 0.15) is 29.9 Å². The third-order valence-electron chi connectivity index (χ3n) is 9.58. The van der Waals surface area contributed by atoms with Crippen LogP contribution in [0.1, 0.15) is 70.9 Å². The SMILES string of the molecule is C#CCCCC[C@@H](C)C[C@@H](C)C(=O)N(C)[C@@H](Cc1ccccc1)C(=O)N[C@@H](C)C(=O)N(C)[C@@H](C)C(=O)N(C)[C@H](Cc1ccc(OC)cc1)C(N)=O. The molecule has 0 aliphatic heterocycles. The highest BCUT2D eigenvalue weighted by atomic mass is 16.5. The number of hydrogen-bond donors (Lipinski definition) is 2. The standard InChI is InChI=1S/C40H57N5O6/c1-10-11-12-14-17-27(2)24-28(3)38(48)45(8)35(26-31-18-15-13-16-19-31)37(47)42-29(4)39(49)43(6)30(5)40(50)44(7)34(36(41)46)25-32-20-22-33(51-9)23-21-32/h1,13,15-16,18-23,27-30,34-35H,11-12,14,17,24-26H2,2-9H3,(H2,41,46)(H,42,47)/t27-,28-,29+,30+,34-,35+/m1/s1. The molecule has 0 unspecified atom stereocenters. The minimum Gasteiger partial charge on any atom is -0.497 e. The Morgan fingerprint density at radius 1 is 0.784 bits per heavy atom. The van der Waals surface area contributed by atoms with Crippen LogP contribution in [0.5, 0.6) is 5.75 Å². The summed E-state index contributed by atoms with van der Waals surface area (Å²) in [5.74, 6) is 0.988. The molecule has 0 spiro atoms. The van der Waals surface area contributed by atoms with Crippen molar-refractivity contribution in [1.82, 2.24) is 20.0 Å². The van der Waals surface area contributed by atoms with Gasteiger partial charge in [0.2, 0.25) is 29.5 Å². The molecule has 0 saturated carbocycles. The third-order valence-corrected chi connectivity index (χ3v) is 9.58. The molecule has 6 atom stereocenters. The van der Waals surface area contributed by atoms with Crippen molar-refractivity contribution >= 4 is 29.5 Å². The Morgan fingerprint density at radius 2 is 1.35 bits per heavy atom. The van der Waals surface area contributed by atoms with E-state index in [0.29, 0.717) is 18.1 Å². The van der Waals surface area contributed by atoms with Crippen molar-refractivity contribution in [1.29, 1.82) is 0 Å². The molecule has 0 aliphatic rings. The first-order chi connectivity index (χ1) is 24.1. The van der Waals surface area contributed by atoms with Gasteiger partial charge >= 0.3 is 0 Å². The zero-order valence-electron chi connectivity index (χ0n) is 31.6. The van der Waals surface area contributed by atoms with Gasteiger partial charge in [0.15, 0.2) is 0 Å². The van der Waals surface area contributed by atoms with E-state index < -0.39 is 47.8 Å². The number of carbonyl (C=O) groups excluding carboxylic acids is 5. The zero-order chi connectivity index (χ0) is 38.2. The maximum Gasteiger partial charge on any atom is 0.245 e. The minimum absolute atomic E-state index is 0.154. The average Bonchev–Trinajstić information content (AvgIpc) is 3.12. The lowest BCUT2D eigenvalue weighted by Gasteiger charge is -2.34. The molecule has 0 heterocycles. The molecular formula is C40H57N5O6. The summed E-state index contributed by atoms with van der Waals surface area (Å²) in [6, 6.07) is 12.6. The quantitative estimate of drug-likeness (QED) is 0.159. The monoisotopic (exact) mass is 703 g/mol. The zero-order valence-corrected chi connectivity index (χ0v) is 31.6. The van der Waals surface area contributed by atoms with Crippen LogP contribution in [-0.4, -0.2) is 96.7 Å². The van der Waals surface area contributed by atoms with Gasteiger partial charge in [0.05, 0.1) is 7.11 Å². The maximum atomic E-state index is 13.8. The van der Waals surface area contributed by atoms with Crippen LogP contribution < -0.4 is 15.8 Å². The van der Waals surface area contributed by atoms with Crippen LogP contribution in [0.15, 0.2) is 54.6 Å². The van der Waals surface area contributed by atoms with E-state index in [0.717, 1.165) is 36.8 Å². The first-order valence-corrected chi connectivity index (χ1v) is 17.6. The highest BCUT2D eigenvalue weighted by molar-refractivity contribution is 5.95. The molecule has 11 nitrogen and oxygen atoms in total. The summed E-state index contributed by atoms with van der Waals surface area (Å²) in [6.45, 7) is 7.10. The van der Waals surface area contributed by atoms with Crippen molar-refractivity contribution in [2.45, 2.75) is 96.8 Å². The lowest BCUT2D eigenvalue weighted by molar-refractivity contribution is -0.148. The van der Waals surface area contributed by atoms with Crippen molar-refractivity contribution in [2.75, 3.05) is 28.3 Å². The topological polar surface area (TPSA) is 142 Å². The Hall–Kier alpha value is -4.85. The van der Waals surface area contributed by atoms with E-state index >= 15 is 0 Å². The molecule has 0 radical (unpaired) electrons. The van der Waals surface area contributed by atoms with Crippen LogP contribution in [0.2, 0.25) is 0 Å². The van der Waals surface area contributed by atoms with Crippen LogP contribution in [0.4, 0.5) is 0 Å². The molecule has 11 heteroatoms. The second kappa shape index (κ2) is 20.7. The molecule has 5 amide bonds. The lowest BCUT2D eigenvalue weighted by Crippen LogP contribution is -2.58. The Labute approximate surface area is 304 Å². The number of methoxy groups -OCH3 is 1. The van der Waals surface area contributed by atoms with E-state index in [9.17, 15) is 24.0 Å². The van der Waals surface area contributed by atoms with Gasteiger partial charge in [0.25, 0.3) is 0 Å². The largest absolute Gasteiger partial charge is 0.497 e. The van der Waals surface area contributed by atoms with Gasteiger partial charge in [-0.2, -0.15) is 0 Å². The number of unbranched alkanes of at least 4 members (excludes halogenated alkanes) is 2. The predicted molar refractivity (Wildman–Crippen MR) is 199 cm³/mol. The van der Waals surface area contributed by atoms with E-state index in [-0.39, 0.29) is 24.7 Å². The Kier molecular flexibility index (Phi) is 17.2. The van der Waals surface area contributed by atoms with Gasteiger partial charge < -0.3 is 30.5 Å². The second-order valence-corrected chi connectivity index (χ2v) is 13.6. The third kappa shape index (κ3) is 12.8. The predicted octanol–water partition coefficient (Wildman–Crippen LogP) is 3.83. The summed E-state index contributed by atoms with van der Waals surface area (Å²) in [5, 5.41) is 2.79. The van der Waals surface area contributed by atoms with Crippen LogP contribution in [0.25, 0.3) is 0 Å². The highest BCUT2D eigenvalue weighted by Crippen LogP contribution is 2.22. The molecule has 0 bridgehead atoms. The second-order valence-electron chi connectivity index (χ2n) is 13.6. The van der Waals surface area contributed by atoms with Crippen LogP contribution >= 0.6 is 0 Å². The summed E-state index contributed by atoms with van der Waals surface area (Å²) in [5.41, 5.74) is 7.34. The first kappa shape index (κ1) is 42.3. The number of nitrogens with zero attached hydrogens (tertiary/aromatic N) is 3. The number of benzene rings is 2. The molecule has 0 saturated heterocycles. The number of rotatable bonds is 20. The number of ether oxygens (including phenoxy) is 1. The Morgan fingerprint density at radius 3 is 1.92 bits per heavy atom. The van der Waals surface area contributed by atoms with Crippen LogP contribution in [-0.2, 0) is 36.8 Å². The average molecular weight is 704 g/mol. The van der Waals surface area contributed by atoms with E-state index in [1.54, 1.807) is 52.3 Å². The van der Waals surface area contributed by atoms with E-state index in [1.807, 2.05) is 37.3 Å². The fourth-order valence-corrected chi connectivity index (χ4v) is 6.18. The smallest absolute Gasteiger partial charge is 0.245 e. The number of amides is 5. The molecule has 278 valence electrons. The van der Waals surface area contributed by atoms with Crippen molar-refractivity contribution < 1.29 is 28.7 Å². The summed E-state index contributed by atoms with van der Waals surface area (Å²) < 4.78 is 5.19. The van der Waals surface area contributed by atoms with Crippen molar-refractivity contribution in [3.8, 4) is 18.1 Å². The van der Waals surface area contributed by atoms with Crippen molar-refractivity contribution in [3.05, 3.63) is 65.7 Å². The number of nitrogens with one attached hydrogen (secondary N) is 1. The Bertz CT molecular complexity index is 1490. The molecule has 0 aliphatic carbocycles. The fraction of sp³-hybridized carbons (Fsp3) is 0.525. The maximum absolute atomic E-state index is 13.8. The number of nitrogens with two attached hydrogens (primary N) is 1. The van der Waals surface area contributed by atoms with Gasteiger partial charge in [-0.05, 0) is 55.9 Å². The summed E-state index contributed by atoms with van der Waals surface area (Å²) in [4.78, 5) is 71.0. The van der Waals surface area contributed by atoms with Gasteiger partial charge in [-0.25, -0.2) is 0 Å². The molecule has 2 rings (SSSR count). The molecule has 51 heavy (non-hydrogen) atoms. The fourth-order valence-electron chi connectivity index (χ4n) is 6.18. The Balaban J connectivity index is 2.14.